The van der Waals surface area contributed by atoms with Gasteiger partial charge in [0.05, 0.1) is 28.7 Å². The van der Waals surface area contributed by atoms with Gasteiger partial charge in [0.15, 0.2) is 11.5 Å². The molecule has 2 aromatic carbocycles. The lowest BCUT2D eigenvalue weighted by Crippen LogP contribution is -2.59. The number of aromatic nitrogens is 2. The zero-order valence-electron chi connectivity index (χ0n) is 29.8. The highest BCUT2D eigenvalue weighted by Gasteiger charge is 2.45. The van der Waals surface area contributed by atoms with Crippen molar-refractivity contribution < 1.29 is 45.5 Å². The van der Waals surface area contributed by atoms with Crippen LogP contribution in [0, 0.1) is 24.0 Å². The van der Waals surface area contributed by atoms with Crippen LogP contribution in [0.15, 0.2) is 77.5 Å². The third-order valence-electron chi connectivity index (χ3n) is 10.3. The molecule has 8 rings (SSSR count). The molecule has 288 valence electrons. The summed E-state index contributed by atoms with van der Waals surface area (Å²) in [5.41, 5.74) is 0.0106. The zero-order valence-corrected chi connectivity index (χ0v) is 29.8. The number of amides is 3. The Kier molecular flexibility index (Phi) is 9.31. The first kappa shape index (κ1) is 36.8. The fourth-order valence-electron chi connectivity index (χ4n) is 7.43. The van der Waals surface area contributed by atoms with E-state index in [-0.39, 0.29) is 47.0 Å². The van der Waals surface area contributed by atoms with Crippen LogP contribution in [-0.4, -0.2) is 60.5 Å². The maximum atomic E-state index is 14.7. The molecule has 1 spiro atoms. The van der Waals surface area contributed by atoms with Crippen molar-refractivity contribution in [2.24, 2.45) is 5.41 Å². The normalized spacial score (nSPS) is 16.0. The van der Waals surface area contributed by atoms with E-state index in [1.165, 1.54) is 23.1 Å². The molecule has 3 amide bonds. The van der Waals surface area contributed by atoms with Gasteiger partial charge in [-0.15, -0.1) is 0 Å². The first-order valence-corrected chi connectivity index (χ1v) is 17.8. The smallest absolute Gasteiger partial charge is 0.418 e. The van der Waals surface area contributed by atoms with E-state index in [1.54, 1.807) is 24.4 Å². The Morgan fingerprint density at radius 3 is 2.38 bits per heavy atom. The molecule has 16 heteroatoms. The molecule has 2 N–H and O–H groups in total. The molecule has 6 heterocycles. The van der Waals surface area contributed by atoms with Crippen molar-refractivity contribution in [3.8, 4) is 11.5 Å². The van der Waals surface area contributed by atoms with Gasteiger partial charge >= 0.3 is 6.18 Å². The van der Waals surface area contributed by atoms with Crippen molar-refractivity contribution in [3.63, 3.8) is 0 Å². The topological polar surface area (TPSA) is 130 Å². The molecule has 3 aliphatic heterocycles. The van der Waals surface area contributed by atoms with Crippen molar-refractivity contribution >= 4 is 40.6 Å². The van der Waals surface area contributed by atoms with Gasteiger partial charge < -0.3 is 29.6 Å². The second-order valence-electron chi connectivity index (χ2n) is 14.2. The van der Waals surface area contributed by atoms with Gasteiger partial charge in [-0.2, -0.15) is 13.2 Å². The number of furan rings is 1. The number of hydrogen-bond acceptors (Lipinski definition) is 8. The average Bonchev–Trinajstić information content (AvgIpc) is 3.53. The van der Waals surface area contributed by atoms with Crippen LogP contribution in [0.25, 0.3) is 11.5 Å². The lowest BCUT2D eigenvalue weighted by Gasteiger charge is -2.53. The highest BCUT2D eigenvalue weighted by Crippen LogP contribution is 2.43. The lowest BCUT2D eigenvalue weighted by molar-refractivity contribution is -0.137. The van der Waals surface area contributed by atoms with Gasteiger partial charge in [0.25, 0.3) is 17.7 Å². The number of pyridine rings is 2. The number of fused-ring (bicyclic) bond motifs is 3. The number of ether oxygens (including phenoxy) is 1. The second kappa shape index (κ2) is 14.2. The summed E-state index contributed by atoms with van der Waals surface area (Å²) in [6.07, 6.45) is -0.307. The van der Waals surface area contributed by atoms with E-state index in [9.17, 15) is 36.3 Å². The van der Waals surface area contributed by atoms with Crippen LogP contribution in [0.3, 0.4) is 0 Å². The van der Waals surface area contributed by atoms with Crippen LogP contribution in [0.5, 0.6) is 0 Å². The number of alkyl halides is 3. The molecular formula is C40H33F5N6O5. The van der Waals surface area contributed by atoms with Crippen molar-refractivity contribution in [1.29, 1.82) is 0 Å². The number of carbonyl (C=O) groups excluding carboxylic acids is 3. The highest BCUT2D eigenvalue weighted by molar-refractivity contribution is 6.10. The Balaban J connectivity index is 0.994. The first-order valence-electron chi connectivity index (χ1n) is 17.8. The monoisotopic (exact) mass is 772 g/mol. The maximum absolute atomic E-state index is 14.7. The molecule has 0 unspecified atom stereocenters. The van der Waals surface area contributed by atoms with Crippen molar-refractivity contribution in [2.45, 2.75) is 32.4 Å². The number of nitrogens with zero attached hydrogens (tertiary/aromatic N) is 4. The van der Waals surface area contributed by atoms with Gasteiger partial charge in [-0.25, -0.2) is 18.7 Å². The standard InChI is InChI=1S/C40H33F5N6O5/c1-22-15-27(35(47-18-22)50-20-39(21-50)10-13-55-14-11-39)36(52)48-26-7-5-23(6-8-26)38(54)51-12-9-24-16-31(56-34(24)33-30(51)17-25(41)19-46-33)37(53)49-32-28(40(43,44)45)3-2-4-29(32)42/h2-8,15-19H,9-14,20-21H2,1H3,(H,48,52)(H,49,53). The largest absolute Gasteiger partial charge is 0.449 e. The summed E-state index contributed by atoms with van der Waals surface area (Å²) in [4.78, 5) is 52.7. The quantitative estimate of drug-likeness (QED) is 0.168. The van der Waals surface area contributed by atoms with E-state index < -0.39 is 46.6 Å². The van der Waals surface area contributed by atoms with E-state index in [4.69, 9.17) is 9.15 Å². The number of aryl methyl sites for hydroxylation is 1. The molecule has 0 radical (unpaired) electrons. The fraction of sp³-hybridized carbons (Fsp3) is 0.275. The number of para-hydroxylation sites is 1. The summed E-state index contributed by atoms with van der Waals surface area (Å²) in [5.74, 6) is -3.94. The number of hydrogen-bond donors (Lipinski definition) is 2. The minimum absolute atomic E-state index is 0.00423. The Hall–Kier alpha value is -6.16. The molecule has 2 fully saturated rings. The van der Waals surface area contributed by atoms with Gasteiger partial charge in [-0.05, 0) is 80.3 Å². The van der Waals surface area contributed by atoms with E-state index in [2.05, 4.69) is 20.2 Å². The van der Waals surface area contributed by atoms with Crippen LogP contribution >= 0.6 is 0 Å². The maximum Gasteiger partial charge on any atom is 0.418 e. The van der Waals surface area contributed by atoms with E-state index in [1.807, 2.05) is 12.2 Å². The lowest BCUT2D eigenvalue weighted by atomic mass is 9.73. The number of benzene rings is 2. The Labute approximate surface area is 316 Å². The highest BCUT2D eigenvalue weighted by atomic mass is 19.4. The summed E-state index contributed by atoms with van der Waals surface area (Å²) in [6.45, 7) is 4.87. The van der Waals surface area contributed by atoms with Crippen molar-refractivity contribution in [2.75, 3.05) is 53.3 Å². The third kappa shape index (κ3) is 6.96. The molecule has 0 atom stereocenters. The number of carbonyl (C=O) groups is 3. The average molecular weight is 773 g/mol. The van der Waals surface area contributed by atoms with Crippen molar-refractivity contribution in [1.82, 2.24) is 9.97 Å². The van der Waals surface area contributed by atoms with Crippen LogP contribution in [0.4, 0.5) is 44.8 Å². The van der Waals surface area contributed by atoms with Gasteiger partial charge in [0.1, 0.15) is 23.1 Å². The predicted octanol–water partition coefficient (Wildman–Crippen LogP) is 7.67. The van der Waals surface area contributed by atoms with Gasteiger partial charge in [0.2, 0.25) is 0 Å². The molecule has 0 saturated carbocycles. The zero-order chi connectivity index (χ0) is 39.4. The third-order valence-corrected chi connectivity index (χ3v) is 10.3. The van der Waals surface area contributed by atoms with E-state index in [0.717, 1.165) is 69.1 Å². The number of anilines is 4. The summed E-state index contributed by atoms with van der Waals surface area (Å²) < 4.78 is 81.0. The van der Waals surface area contributed by atoms with Gasteiger partial charge in [-0.3, -0.25) is 14.4 Å². The summed E-state index contributed by atoms with van der Waals surface area (Å²) >= 11 is 0. The first-order chi connectivity index (χ1) is 26.8. The Morgan fingerprint density at radius 1 is 0.893 bits per heavy atom. The minimum atomic E-state index is -4.95. The molecule has 5 aromatic rings. The van der Waals surface area contributed by atoms with Crippen LogP contribution in [0.1, 0.15) is 60.8 Å². The van der Waals surface area contributed by atoms with Crippen molar-refractivity contribution in [3.05, 3.63) is 118 Å². The van der Waals surface area contributed by atoms with Crippen LogP contribution in [-0.2, 0) is 17.3 Å². The molecule has 56 heavy (non-hydrogen) atoms. The molecular weight excluding hydrogens is 739 g/mol. The second-order valence-corrected chi connectivity index (χ2v) is 14.2. The van der Waals surface area contributed by atoms with E-state index in [0.29, 0.717) is 28.7 Å². The Bertz CT molecular complexity index is 2370. The molecule has 0 bridgehead atoms. The number of rotatable bonds is 6. The number of nitrogens with one attached hydrogen (secondary N) is 2. The fourth-order valence-corrected chi connectivity index (χ4v) is 7.43. The molecule has 3 aliphatic rings. The number of halogens is 5. The molecule has 3 aromatic heterocycles. The Morgan fingerprint density at radius 2 is 1.64 bits per heavy atom. The minimum Gasteiger partial charge on any atom is -0.449 e. The summed E-state index contributed by atoms with van der Waals surface area (Å²) in [7, 11) is 0. The van der Waals surface area contributed by atoms with Gasteiger partial charge in [-0.1, -0.05) is 6.07 Å². The van der Waals surface area contributed by atoms with Crippen LogP contribution in [0.2, 0.25) is 0 Å². The summed E-state index contributed by atoms with van der Waals surface area (Å²) in [6, 6.07) is 12.6. The van der Waals surface area contributed by atoms with Crippen LogP contribution < -0.4 is 20.4 Å². The molecule has 2 saturated heterocycles. The molecule has 11 nitrogen and oxygen atoms in total. The molecule has 0 aliphatic carbocycles. The summed E-state index contributed by atoms with van der Waals surface area (Å²) in [5, 5.41) is 4.85. The SMILES string of the molecule is Cc1cnc(N2CC3(CCOCC3)C2)c(C(=O)Nc2ccc(C(=O)N3CCc4cc(C(=O)Nc5c(F)cccc5C(F)(F)F)oc4-c4ncc(F)cc43)cc2)c1. The predicted molar refractivity (Wildman–Crippen MR) is 195 cm³/mol. The van der Waals surface area contributed by atoms with E-state index >= 15 is 0 Å². The van der Waals surface area contributed by atoms with Gasteiger partial charge in [0, 0.05) is 67.3 Å².